The first-order valence-corrected chi connectivity index (χ1v) is 10.8. The maximum atomic E-state index is 14.0. The number of nitrogens with one attached hydrogen (secondary N) is 3. The van der Waals surface area contributed by atoms with Gasteiger partial charge in [0.25, 0.3) is 0 Å². The summed E-state index contributed by atoms with van der Waals surface area (Å²) in [5, 5.41) is 8.78. The second kappa shape index (κ2) is 10.9. The summed E-state index contributed by atoms with van der Waals surface area (Å²) in [6.45, 7) is 2.23. The lowest BCUT2D eigenvalue weighted by Gasteiger charge is -2.33. The highest BCUT2D eigenvalue weighted by atomic mass is 35.5. The molecule has 0 unspecified atom stereocenters. The molecule has 1 fully saturated rings. The molecule has 0 saturated carbocycles. The Morgan fingerprint density at radius 2 is 1.75 bits per heavy atom. The van der Waals surface area contributed by atoms with Crippen molar-refractivity contribution in [1.82, 2.24) is 15.5 Å². The van der Waals surface area contributed by atoms with Crippen LogP contribution < -0.4 is 16.0 Å². The molecule has 170 valence electrons. The largest absolute Gasteiger partial charge is 0.351 e. The molecule has 2 aromatic carbocycles. The second-order valence-corrected chi connectivity index (χ2v) is 8.14. The van der Waals surface area contributed by atoms with E-state index in [1.807, 2.05) is 0 Å². The van der Waals surface area contributed by atoms with Gasteiger partial charge < -0.3 is 20.9 Å². The van der Waals surface area contributed by atoms with Crippen LogP contribution in [-0.2, 0) is 16.0 Å². The number of carbonyl (C=O) groups excluding carboxylic acids is 3. The van der Waals surface area contributed by atoms with Crippen LogP contribution in [0.3, 0.4) is 0 Å². The van der Waals surface area contributed by atoms with E-state index in [2.05, 4.69) is 16.0 Å². The number of halogens is 2. The summed E-state index contributed by atoms with van der Waals surface area (Å²) < 4.78 is 14.0. The number of anilines is 1. The maximum Gasteiger partial charge on any atom is 0.321 e. The van der Waals surface area contributed by atoms with Gasteiger partial charge in [-0.1, -0.05) is 41.9 Å². The van der Waals surface area contributed by atoms with E-state index in [0.717, 1.165) is 0 Å². The average Bonchev–Trinajstić information content (AvgIpc) is 2.76. The molecule has 3 N–H and O–H groups in total. The van der Waals surface area contributed by atoms with E-state index in [1.54, 1.807) is 47.4 Å². The van der Waals surface area contributed by atoms with Crippen LogP contribution in [-0.4, -0.2) is 47.9 Å². The Bertz CT molecular complexity index is 979. The number of amides is 4. The molecule has 0 aliphatic carbocycles. The molecule has 1 aliphatic rings. The molecule has 1 atom stereocenters. The number of hydrogen-bond acceptors (Lipinski definition) is 3. The predicted octanol–water partition coefficient (Wildman–Crippen LogP) is 3.34. The van der Waals surface area contributed by atoms with Crippen molar-refractivity contribution in [2.24, 2.45) is 0 Å². The van der Waals surface area contributed by atoms with Gasteiger partial charge >= 0.3 is 6.03 Å². The summed E-state index contributed by atoms with van der Waals surface area (Å²) >= 11 is 6.09. The quantitative estimate of drug-likeness (QED) is 0.617. The Hall–Kier alpha value is -3.13. The van der Waals surface area contributed by atoms with Gasteiger partial charge in [0.05, 0.1) is 10.7 Å². The number of piperidine rings is 1. The molecular weight excluding hydrogens is 435 g/mol. The molecule has 1 heterocycles. The van der Waals surface area contributed by atoms with E-state index in [0.29, 0.717) is 42.2 Å². The molecule has 2 aromatic rings. The minimum absolute atomic E-state index is 0.0528. The van der Waals surface area contributed by atoms with Crippen molar-refractivity contribution >= 4 is 35.1 Å². The number of para-hydroxylation sites is 1. The van der Waals surface area contributed by atoms with Crippen molar-refractivity contribution in [3.63, 3.8) is 0 Å². The van der Waals surface area contributed by atoms with Crippen LogP contribution in [0.4, 0.5) is 14.9 Å². The molecule has 9 heteroatoms. The van der Waals surface area contributed by atoms with Crippen LogP contribution >= 0.6 is 11.6 Å². The van der Waals surface area contributed by atoms with Gasteiger partial charge in [0, 0.05) is 32.5 Å². The molecule has 3 rings (SSSR count). The van der Waals surface area contributed by atoms with Crippen LogP contribution in [0.2, 0.25) is 5.02 Å². The lowest BCUT2D eigenvalue weighted by atomic mass is 10.0. The number of nitrogens with zero attached hydrogens (tertiary/aromatic N) is 1. The lowest BCUT2D eigenvalue weighted by Crippen LogP contribution is -2.53. The highest BCUT2D eigenvalue weighted by Crippen LogP contribution is 2.21. The minimum Gasteiger partial charge on any atom is -0.351 e. The molecule has 0 radical (unpaired) electrons. The normalized spacial score (nSPS) is 15.0. The molecule has 0 bridgehead atoms. The zero-order valence-corrected chi connectivity index (χ0v) is 18.5. The highest BCUT2D eigenvalue weighted by molar-refractivity contribution is 6.33. The first-order chi connectivity index (χ1) is 15.3. The molecule has 4 amide bonds. The van der Waals surface area contributed by atoms with Crippen molar-refractivity contribution in [3.05, 3.63) is 64.9 Å². The van der Waals surface area contributed by atoms with Crippen molar-refractivity contribution in [2.45, 2.75) is 38.3 Å². The molecule has 0 spiro atoms. The van der Waals surface area contributed by atoms with E-state index < -0.39 is 11.9 Å². The summed E-state index contributed by atoms with van der Waals surface area (Å²) in [6, 6.07) is 11.9. The number of likely N-dealkylation sites (tertiary alicyclic amines) is 1. The molecule has 32 heavy (non-hydrogen) atoms. The zero-order chi connectivity index (χ0) is 23.1. The van der Waals surface area contributed by atoms with Crippen molar-refractivity contribution < 1.29 is 18.8 Å². The number of carbonyl (C=O) groups is 3. The molecule has 1 aliphatic heterocycles. The van der Waals surface area contributed by atoms with Crippen molar-refractivity contribution in [1.29, 1.82) is 0 Å². The third kappa shape index (κ3) is 6.43. The molecule has 7 nitrogen and oxygen atoms in total. The summed E-state index contributed by atoms with van der Waals surface area (Å²) in [5.74, 6) is -1.16. The standard InChI is InChI=1S/C23H26ClFN4O3/c1-15(30)26-21(14-16-6-2-4-8-19(16)25)22(31)27-17-10-12-29(13-11-17)23(32)28-20-9-5-3-7-18(20)24/h2-9,17,21H,10-14H2,1H3,(H,26,30)(H,27,31)(H,28,32)/t21-/m1/s1. The number of hydrogen-bond donors (Lipinski definition) is 3. The van der Waals surface area contributed by atoms with Crippen LogP contribution in [0.5, 0.6) is 0 Å². The Balaban J connectivity index is 1.53. The molecular formula is C23H26ClFN4O3. The van der Waals surface area contributed by atoms with Crippen molar-refractivity contribution in [2.75, 3.05) is 18.4 Å². The van der Waals surface area contributed by atoms with Crippen LogP contribution in [0, 0.1) is 5.82 Å². The summed E-state index contributed by atoms with van der Waals surface area (Å²) in [4.78, 5) is 38.5. The smallest absolute Gasteiger partial charge is 0.321 e. The van der Waals surface area contributed by atoms with Gasteiger partial charge in [-0.3, -0.25) is 9.59 Å². The van der Waals surface area contributed by atoms with Gasteiger partial charge in [-0.15, -0.1) is 0 Å². The van der Waals surface area contributed by atoms with E-state index in [1.165, 1.54) is 13.0 Å². The summed E-state index contributed by atoms with van der Waals surface area (Å²) in [7, 11) is 0. The van der Waals surface area contributed by atoms with Crippen LogP contribution in [0.15, 0.2) is 48.5 Å². The fraction of sp³-hybridized carbons (Fsp3) is 0.348. The zero-order valence-electron chi connectivity index (χ0n) is 17.7. The Kier molecular flexibility index (Phi) is 8.05. The van der Waals surface area contributed by atoms with E-state index in [9.17, 15) is 18.8 Å². The maximum absolute atomic E-state index is 14.0. The van der Waals surface area contributed by atoms with Gasteiger partial charge in [0.1, 0.15) is 11.9 Å². The Labute approximate surface area is 191 Å². The minimum atomic E-state index is -0.883. The highest BCUT2D eigenvalue weighted by Gasteiger charge is 2.27. The van der Waals surface area contributed by atoms with Crippen LogP contribution in [0.25, 0.3) is 0 Å². The first kappa shape index (κ1) is 23.5. The van der Waals surface area contributed by atoms with Crippen LogP contribution in [0.1, 0.15) is 25.3 Å². The first-order valence-electron chi connectivity index (χ1n) is 10.4. The molecule has 0 aromatic heterocycles. The van der Waals surface area contributed by atoms with Gasteiger partial charge in [-0.25, -0.2) is 9.18 Å². The van der Waals surface area contributed by atoms with E-state index in [4.69, 9.17) is 11.6 Å². The fourth-order valence-corrected chi connectivity index (χ4v) is 3.81. The third-order valence-corrected chi connectivity index (χ3v) is 5.65. The lowest BCUT2D eigenvalue weighted by molar-refractivity contribution is -0.128. The summed E-state index contributed by atoms with van der Waals surface area (Å²) in [5.41, 5.74) is 0.897. The van der Waals surface area contributed by atoms with Gasteiger partial charge in [0.15, 0.2) is 0 Å². The third-order valence-electron chi connectivity index (χ3n) is 5.32. The molecule has 1 saturated heterocycles. The predicted molar refractivity (Wildman–Crippen MR) is 121 cm³/mol. The van der Waals surface area contributed by atoms with Gasteiger partial charge in [-0.2, -0.15) is 0 Å². The average molecular weight is 461 g/mol. The Morgan fingerprint density at radius 1 is 1.09 bits per heavy atom. The Morgan fingerprint density at radius 3 is 2.41 bits per heavy atom. The van der Waals surface area contributed by atoms with E-state index in [-0.39, 0.29) is 30.3 Å². The number of urea groups is 1. The van der Waals surface area contributed by atoms with Gasteiger partial charge in [0.2, 0.25) is 11.8 Å². The number of benzene rings is 2. The summed E-state index contributed by atoms with van der Waals surface area (Å²) in [6.07, 6.45) is 1.18. The monoisotopic (exact) mass is 460 g/mol. The SMILES string of the molecule is CC(=O)N[C@H](Cc1ccccc1F)C(=O)NC1CCN(C(=O)Nc2ccccc2Cl)CC1. The van der Waals surface area contributed by atoms with Crippen molar-refractivity contribution in [3.8, 4) is 0 Å². The fourth-order valence-electron chi connectivity index (χ4n) is 3.62. The topological polar surface area (TPSA) is 90.5 Å². The van der Waals surface area contributed by atoms with Gasteiger partial charge in [-0.05, 0) is 36.6 Å². The van der Waals surface area contributed by atoms with E-state index >= 15 is 0 Å². The second-order valence-electron chi connectivity index (χ2n) is 7.73. The number of rotatable bonds is 6.